The van der Waals surface area contributed by atoms with Crippen LogP contribution in [-0.2, 0) is 0 Å². The minimum Gasteiger partial charge on any atom is -0.357 e. The van der Waals surface area contributed by atoms with E-state index >= 15 is 0 Å². The SMILES string of the molecule is CC1(CNC(=O)c2ccc[nH]2)CC1. The van der Waals surface area contributed by atoms with Crippen LogP contribution in [0.2, 0.25) is 0 Å². The predicted octanol–water partition coefficient (Wildman–Crippen LogP) is 1.54. The highest BCUT2D eigenvalue weighted by atomic mass is 16.1. The number of amides is 1. The predicted molar refractivity (Wildman–Crippen MR) is 50.5 cm³/mol. The molecule has 0 bridgehead atoms. The number of carbonyl (C=O) groups is 1. The Morgan fingerprint density at radius 3 is 3.00 bits per heavy atom. The highest BCUT2D eigenvalue weighted by Gasteiger charge is 2.37. The van der Waals surface area contributed by atoms with Gasteiger partial charge in [0.25, 0.3) is 5.91 Å². The van der Waals surface area contributed by atoms with Crippen LogP contribution in [0.4, 0.5) is 0 Å². The zero-order valence-electron chi connectivity index (χ0n) is 7.76. The summed E-state index contributed by atoms with van der Waals surface area (Å²) in [5.41, 5.74) is 1.02. The van der Waals surface area contributed by atoms with Crippen molar-refractivity contribution in [2.45, 2.75) is 19.8 Å². The number of aromatic nitrogens is 1. The Morgan fingerprint density at radius 1 is 1.69 bits per heavy atom. The van der Waals surface area contributed by atoms with Crippen molar-refractivity contribution in [3.05, 3.63) is 24.0 Å². The van der Waals surface area contributed by atoms with Crippen molar-refractivity contribution in [1.82, 2.24) is 10.3 Å². The average molecular weight is 178 g/mol. The fraction of sp³-hybridized carbons (Fsp3) is 0.500. The molecule has 0 aliphatic heterocycles. The summed E-state index contributed by atoms with van der Waals surface area (Å²) in [5.74, 6) is -0.00174. The van der Waals surface area contributed by atoms with Crippen LogP contribution in [0.1, 0.15) is 30.3 Å². The van der Waals surface area contributed by atoms with Crippen LogP contribution in [0.15, 0.2) is 18.3 Å². The highest BCUT2D eigenvalue weighted by molar-refractivity contribution is 5.92. The van der Waals surface area contributed by atoms with Gasteiger partial charge in [0.2, 0.25) is 0 Å². The molecule has 1 fully saturated rings. The van der Waals surface area contributed by atoms with Crippen LogP contribution >= 0.6 is 0 Å². The summed E-state index contributed by atoms with van der Waals surface area (Å²) in [6.45, 7) is 2.99. The Morgan fingerprint density at radius 2 is 2.46 bits per heavy atom. The molecular formula is C10H14N2O. The van der Waals surface area contributed by atoms with E-state index in [1.54, 1.807) is 12.3 Å². The monoisotopic (exact) mass is 178 g/mol. The van der Waals surface area contributed by atoms with Gasteiger partial charge in [-0.3, -0.25) is 4.79 Å². The molecule has 1 amide bonds. The summed E-state index contributed by atoms with van der Waals surface area (Å²) in [6.07, 6.45) is 4.23. The molecule has 2 N–H and O–H groups in total. The van der Waals surface area contributed by atoms with E-state index in [-0.39, 0.29) is 5.91 Å². The fourth-order valence-electron chi connectivity index (χ4n) is 1.25. The molecule has 1 aromatic rings. The van der Waals surface area contributed by atoms with E-state index in [0.717, 1.165) is 6.54 Å². The van der Waals surface area contributed by atoms with Gasteiger partial charge in [-0.1, -0.05) is 6.92 Å². The van der Waals surface area contributed by atoms with E-state index in [4.69, 9.17) is 0 Å². The zero-order valence-corrected chi connectivity index (χ0v) is 7.76. The maximum Gasteiger partial charge on any atom is 0.267 e. The molecule has 1 heterocycles. The van der Waals surface area contributed by atoms with Crippen molar-refractivity contribution in [3.8, 4) is 0 Å². The van der Waals surface area contributed by atoms with Crippen LogP contribution in [0, 0.1) is 5.41 Å². The van der Waals surface area contributed by atoms with Crippen molar-refractivity contribution < 1.29 is 4.79 Å². The molecule has 1 aliphatic carbocycles. The lowest BCUT2D eigenvalue weighted by atomic mass is 10.1. The number of rotatable bonds is 3. The lowest BCUT2D eigenvalue weighted by Gasteiger charge is -2.08. The lowest BCUT2D eigenvalue weighted by molar-refractivity contribution is 0.0942. The standard InChI is InChI=1S/C10H14N2O/c1-10(4-5-10)7-12-9(13)8-3-2-6-11-8/h2-3,6,11H,4-5,7H2,1H3,(H,12,13). The molecule has 1 aliphatic rings. The molecule has 0 atom stereocenters. The van der Waals surface area contributed by atoms with Crippen LogP contribution in [0.5, 0.6) is 0 Å². The van der Waals surface area contributed by atoms with E-state index in [1.807, 2.05) is 6.07 Å². The van der Waals surface area contributed by atoms with Crippen LogP contribution in [-0.4, -0.2) is 17.4 Å². The molecule has 0 saturated heterocycles. The Kier molecular flexibility index (Phi) is 1.87. The lowest BCUT2D eigenvalue weighted by Crippen LogP contribution is -2.29. The van der Waals surface area contributed by atoms with Gasteiger partial charge in [0.15, 0.2) is 0 Å². The summed E-state index contributed by atoms with van der Waals surface area (Å²) in [5, 5.41) is 2.92. The average Bonchev–Trinajstić information content (AvgIpc) is 2.69. The number of aromatic amines is 1. The largest absolute Gasteiger partial charge is 0.357 e. The molecule has 2 rings (SSSR count). The molecule has 0 spiro atoms. The Hall–Kier alpha value is -1.25. The second kappa shape index (κ2) is 2.91. The summed E-state index contributed by atoms with van der Waals surface area (Å²) < 4.78 is 0. The van der Waals surface area contributed by atoms with E-state index in [9.17, 15) is 4.79 Å². The molecule has 13 heavy (non-hydrogen) atoms. The van der Waals surface area contributed by atoms with Gasteiger partial charge in [0.1, 0.15) is 5.69 Å². The second-order valence-corrected chi connectivity index (χ2v) is 4.08. The van der Waals surface area contributed by atoms with Gasteiger partial charge in [0.05, 0.1) is 0 Å². The van der Waals surface area contributed by atoms with E-state index < -0.39 is 0 Å². The molecule has 1 aromatic heterocycles. The maximum absolute atomic E-state index is 11.4. The van der Waals surface area contributed by atoms with Crippen molar-refractivity contribution in [2.24, 2.45) is 5.41 Å². The minimum atomic E-state index is -0.00174. The number of hydrogen-bond donors (Lipinski definition) is 2. The number of H-pyrrole nitrogens is 1. The number of hydrogen-bond acceptors (Lipinski definition) is 1. The van der Waals surface area contributed by atoms with Gasteiger partial charge in [-0.05, 0) is 30.4 Å². The third-order valence-corrected chi connectivity index (χ3v) is 2.62. The Labute approximate surface area is 77.5 Å². The van der Waals surface area contributed by atoms with Gasteiger partial charge in [-0.15, -0.1) is 0 Å². The number of nitrogens with one attached hydrogen (secondary N) is 2. The molecule has 3 heteroatoms. The first-order chi connectivity index (χ1) is 6.20. The fourth-order valence-corrected chi connectivity index (χ4v) is 1.25. The van der Waals surface area contributed by atoms with Gasteiger partial charge >= 0.3 is 0 Å². The normalized spacial score (nSPS) is 18.2. The first-order valence-corrected chi connectivity index (χ1v) is 4.61. The zero-order chi connectivity index (χ0) is 9.31. The van der Waals surface area contributed by atoms with Gasteiger partial charge < -0.3 is 10.3 Å². The molecule has 70 valence electrons. The summed E-state index contributed by atoms with van der Waals surface area (Å²) in [4.78, 5) is 14.3. The highest BCUT2D eigenvalue weighted by Crippen LogP contribution is 2.44. The molecule has 3 nitrogen and oxygen atoms in total. The molecule has 0 aromatic carbocycles. The van der Waals surface area contributed by atoms with Crippen molar-refractivity contribution in [3.63, 3.8) is 0 Å². The topological polar surface area (TPSA) is 44.9 Å². The molecule has 0 radical (unpaired) electrons. The van der Waals surface area contributed by atoms with E-state index in [0.29, 0.717) is 11.1 Å². The first-order valence-electron chi connectivity index (χ1n) is 4.61. The summed E-state index contributed by atoms with van der Waals surface area (Å²) >= 11 is 0. The summed E-state index contributed by atoms with van der Waals surface area (Å²) in [7, 11) is 0. The van der Waals surface area contributed by atoms with Crippen LogP contribution < -0.4 is 5.32 Å². The quantitative estimate of drug-likeness (QED) is 0.724. The van der Waals surface area contributed by atoms with Crippen LogP contribution in [0.3, 0.4) is 0 Å². The van der Waals surface area contributed by atoms with Gasteiger partial charge in [0, 0.05) is 12.7 Å². The molecule has 0 unspecified atom stereocenters. The van der Waals surface area contributed by atoms with Crippen molar-refractivity contribution in [2.75, 3.05) is 6.54 Å². The second-order valence-electron chi connectivity index (χ2n) is 4.08. The van der Waals surface area contributed by atoms with E-state index in [2.05, 4.69) is 17.2 Å². The Balaban J connectivity index is 1.85. The Bertz CT molecular complexity index is 299. The first kappa shape index (κ1) is 8.35. The van der Waals surface area contributed by atoms with Crippen LogP contribution in [0.25, 0.3) is 0 Å². The van der Waals surface area contributed by atoms with E-state index in [1.165, 1.54) is 12.8 Å². The van der Waals surface area contributed by atoms with Gasteiger partial charge in [-0.25, -0.2) is 0 Å². The number of carbonyl (C=O) groups excluding carboxylic acids is 1. The molecule has 1 saturated carbocycles. The summed E-state index contributed by atoms with van der Waals surface area (Å²) in [6, 6.07) is 3.61. The maximum atomic E-state index is 11.4. The minimum absolute atomic E-state index is 0.00174. The molecular weight excluding hydrogens is 164 g/mol. The smallest absolute Gasteiger partial charge is 0.267 e. The van der Waals surface area contributed by atoms with Crippen molar-refractivity contribution in [1.29, 1.82) is 0 Å². The van der Waals surface area contributed by atoms with Crippen molar-refractivity contribution >= 4 is 5.91 Å². The third kappa shape index (κ3) is 1.91. The van der Waals surface area contributed by atoms with Gasteiger partial charge in [-0.2, -0.15) is 0 Å². The third-order valence-electron chi connectivity index (χ3n) is 2.62.